The Hall–Kier alpha value is -2.50. The van der Waals surface area contributed by atoms with Crippen LogP contribution in [0.15, 0.2) is 43.0 Å². The van der Waals surface area contributed by atoms with Gasteiger partial charge in [-0.05, 0) is 23.9 Å². The molecule has 1 aromatic carbocycles. The first-order valence-corrected chi connectivity index (χ1v) is 17.3. The van der Waals surface area contributed by atoms with Gasteiger partial charge in [-0.2, -0.15) is 4.31 Å². The van der Waals surface area contributed by atoms with Crippen molar-refractivity contribution < 1.29 is 60.2 Å². The number of carbonyl (C=O) groups is 2. The molecule has 2 unspecified atom stereocenters. The molecule has 18 nitrogen and oxygen atoms in total. The van der Waals surface area contributed by atoms with E-state index in [-0.39, 0.29) is 30.0 Å². The predicted molar refractivity (Wildman–Crippen MR) is 143 cm³/mol. The number of nitrogens with zero attached hydrogens (tertiary/aromatic N) is 4. The van der Waals surface area contributed by atoms with Gasteiger partial charge in [-0.3, -0.25) is 9.36 Å². The van der Waals surface area contributed by atoms with Crippen LogP contribution in [0.1, 0.15) is 23.0 Å². The summed E-state index contributed by atoms with van der Waals surface area (Å²) in [6, 6.07) is 8.48. The van der Waals surface area contributed by atoms with Gasteiger partial charge in [-0.15, -0.1) is 0 Å². The van der Waals surface area contributed by atoms with E-state index in [0.29, 0.717) is 5.56 Å². The minimum atomic E-state index is -5.07. The van der Waals surface area contributed by atoms with Crippen LogP contribution in [0, 0.1) is 0 Å². The van der Waals surface area contributed by atoms with E-state index in [1.165, 1.54) is 24.3 Å². The molecule has 3 aromatic rings. The molecule has 2 aromatic heterocycles. The van der Waals surface area contributed by atoms with E-state index in [0.717, 1.165) is 0 Å². The van der Waals surface area contributed by atoms with Crippen LogP contribution < -0.4 is 5.32 Å². The van der Waals surface area contributed by atoms with Crippen LogP contribution in [-0.4, -0.2) is 73.7 Å². The first-order chi connectivity index (χ1) is 19.9. The topological polar surface area (TPSA) is 229 Å². The molecule has 0 radical (unpaired) electrons. The van der Waals surface area contributed by atoms with Crippen LogP contribution >= 0.6 is 22.4 Å². The molecule has 0 spiro atoms. The largest absolute Gasteiger partial charge is 0.488 e. The second-order valence-electron chi connectivity index (χ2n) is 8.62. The zero-order chi connectivity index (χ0) is 30.1. The number of imidazole rings is 1. The first-order valence-electron chi connectivity index (χ1n) is 11.8. The van der Waals surface area contributed by atoms with Gasteiger partial charge < -0.3 is 33.8 Å². The molecule has 3 N–H and O–H groups in total. The highest BCUT2D eigenvalue weighted by molar-refractivity contribution is 8.11. The third kappa shape index (κ3) is 7.17. The van der Waals surface area contributed by atoms with E-state index in [2.05, 4.69) is 33.2 Å². The lowest BCUT2D eigenvalue weighted by molar-refractivity contribution is -0.157. The molecule has 5 rings (SSSR count). The van der Waals surface area contributed by atoms with Crippen LogP contribution in [0.2, 0.25) is 0 Å². The average molecular weight is 665 g/mol. The lowest BCUT2D eigenvalue weighted by Crippen LogP contribution is -2.32. The van der Waals surface area contributed by atoms with E-state index < -0.39 is 59.3 Å². The van der Waals surface area contributed by atoms with Crippen molar-refractivity contribution in [1.29, 1.82) is 0 Å². The molecule has 0 saturated carbocycles. The average Bonchev–Trinajstić information content (AvgIpc) is 3.50. The van der Waals surface area contributed by atoms with Crippen molar-refractivity contribution in [2.45, 2.75) is 24.9 Å². The number of amides is 1. The van der Waals surface area contributed by atoms with E-state index in [9.17, 15) is 28.5 Å². The predicted octanol–water partition coefficient (Wildman–Crippen LogP) is 2.43. The molecule has 2 aliphatic rings. The fourth-order valence-electron chi connectivity index (χ4n) is 4.03. The number of phosphoric acid groups is 2. The van der Waals surface area contributed by atoms with Gasteiger partial charge in [0.2, 0.25) is 0 Å². The molecular weight excluding hydrogens is 643 g/mol. The number of hydrogen-bond donors (Lipinski definition) is 3. The number of esters is 1. The number of carbonyl (C=O) groups excluding carboxylic acids is 2. The summed E-state index contributed by atoms with van der Waals surface area (Å²) in [5.41, 5.74) is 0.920. The Labute approximate surface area is 241 Å². The molecular formula is C20H22N5O13P3S. The molecule has 2 fully saturated rings. The summed E-state index contributed by atoms with van der Waals surface area (Å²) in [5, 5.41) is 2.69. The van der Waals surface area contributed by atoms with Crippen molar-refractivity contribution in [3.8, 4) is 0 Å². The standard InChI is InChI=1S/C20H22N5O13P3S/c1-32-9-16(26)35-13-7-15(34-14(13)8-33-41(42)37-39(28,29)36-40(30,31)38-41)25-11-23-17-18(21-10-22-19(17)25)24-20(27)12-5-3-2-4-6-12/h2-6,10-11,13-15H,7-9H2,1H3,(H,28,29)(H,30,31)(H,21,22,24,27)/t13-,14+,15+/m0/s1. The number of aromatic nitrogens is 4. The zero-order valence-electron chi connectivity index (χ0n) is 21.3. The maximum absolute atomic E-state index is 12.7. The Kier molecular flexibility index (Phi) is 9.02. The lowest BCUT2D eigenvalue weighted by Gasteiger charge is -2.30. The van der Waals surface area contributed by atoms with Crippen molar-refractivity contribution in [2.24, 2.45) is 0 Å². The summed E-state index contributed by atoms with van der Waals surface area (Å²) >= 11 is 4.96. The summed E-state index contributed by atoms with van der Waals surface area (Å²) in [6.07, 6.45) is -0.291. The van der Waals surface area contributed by atoms with Crippen molar-refractivity contribution in [3.63, 3.8) is 0 Å². The second-order valence-corrected chi connectivity index (χ2v) is 14.9. The quantitative estimate of drug-likeness (QED) is 0.220. The maximum Gasteiger partial charge on any atom is 0.488 e. The van der Waals surface area contributed by atoms with Gasteiger partial charge in [0.1, 0.15) is 31.4 Å². The van der Waals surface area contributed by atoms with Crippen molar-refractivity contribution in [2.75, 3.05) is 25.6 Å². The number of rotatable bonds is 9. The molecule has 1 amide bonds. The zero-order valence-corrected chi connectivity index (χ0v) is 24.8. The number of hydrogen-bond acceptors (Lipinski definition) is 15. The summed E-state index contributed by atoms with van der Waals surface area (Å²) in [7, 11) is -8.84. The highest BCUT2D eigenvalue weighted by Gasteiger charge is 2.52. The molecule has 22 heteroatoms. The van der Waals surface area contributed by atoms with Gasteiger partial charge in [0.05, 0.1) is 12.9 Å². The highest BCUT2D eigenvalue weighted by atomic mass is 32.5. The minimum Gasteiger partial charge on any atom is -0.458 e. The Balaban J connectivity index is 1.36. The van der Waals surface area contributed by atoms with Gasteiger partial charge in [-0.1, -0.05) is 18.2 Å². The molecule has 226 valence electrons. The van der Waals surface area contributed by atoms with Gasteiger partial charge in [0, 0.05) is 19.1 Å². The van der Waals surface area contributed by atoms with Gasteiger partial charge >= 0.3 is 28.3 Å². The Morgan fingerprint density at radius 3 is 2.52 bits per heavy atom. The van der Waals surface area contributed by atoms with Crippen molar-refractivity contribution in [3.05, 3.63) is 48.5 Å². The van der Waals surface area contributed by atoms with E-state index in [4.69, 9.17) is 30.5 Å². The Morgan fingerprint density at radius 2 is 1.83 bits per heavy atom. The van der Waals surface area contributed by atoms with Crippen LogP contribution in [0.3, 0.4) is 0 Å². The van der Waals surface area contributed by atoms with Crippen LogP contribution in [0.5, 0.6) is 0 Å². The Morgan fingerprint density at radius 1 is 1.12 bits per heavy atom. The van der Waals surface area contributed by atoms with Crippen molar-refractivity contribution in [1.82, 2.24) is 19.5 Å². The molecule has 2 saturated heterocycles. The number of ether oxygens (including phenoxy) is 3. The Bertz CT molecular complexity index is 1610. The number of methoxy groups -OCH3 is 1. The molecule has 2 aliphatic heterocycles. The van der Waals surface area contributed by atoms with E-state index in [1.54, 1.807) is 30.3 Å². The molecule has 5 atom stereocenters. The fraction of sp³-hybridized carbons (Fsp3) is 0.350. The van der Waals surface area contributed by atoms with Gasteiger partial charge in [0.15, 0.2) is 17.0 Å². The lowest BCUT2D eigenvalue weighted by atomic mass is 10.2. The van der Waals surface area contributed by atoms with Crippen LogP contribution in [-0.2, 0) is 57.4 Å². The fourth-order valence-corrected chi connectivity index (χ4v) is 10.7. The number of fused-ring (bicyclic) bond motifs is 1. The SMILES string of the molecule is COCC(=O)O[C@H]1C[C@H](n2cnc3c(NC(=O)c4ccccc4)ncnc32)O[C@@H]1COP1(=S)OP(=O)(O)OP(=O)(O)O1. The van der Waals surface area contributed by atoms with Gasteiger partial charge in [0.25, 0.3) is 5.91 Å². The summed E-state index contributed by atoms with van der Waals surface area (Å²) < 4.78 is 60.1. The van der Waals surface area contributed by atoms with Crippen LogP contribution in [0.4, 0.5) is 5.82 Å². The van der Waals surface area contributed by atoms with E-state index in [1.807, 2.05) is 0 Å². The summed E-state index contributed by atoms with van der Waals surface area (Å²) in [6.45, 7) is -5.22. The summed E-state index contributed by atoms with van der Waals surface area (Å²) in [4.78, 5) is 56.7. The normalized spacial score (nSPS) is 31.2. The molecule has 42 heavy (non-hydrogen) atoms. The number of nitrogens with one attached hydrogen (secondary N) is 1. The third-order valence-corrected chi connectivity index (χ3v) is 12.6. The third-order valence-electron chi connectivity index (χ3n) is 5.67. The second kappa shape index (κ2) is 12.2. The maximum atomic E-state index is 12.7. The molecule has 0 bridgehead atoms. The number of anilines is 1. The van der Waals surface area contributed by atoms with E-state index >= 15 is 0 Å². The van der Waals surface area contributed by atoms with Crippen molar-refractivity contribution >= 4 is 63.0 Å². The monoisotopic (exact) mass is 665 g/mol. The highest BCUT2D eigenvalue weighted by Crippen LogP contribution is 2.80. The van der Waals surface area contributed by atoms with Crippen LogP contribution in [0.25, 0.3) is 11.2 Å². The summed E-state index contributed by atoms with van der Waals surface area (Å²) in [5.74, 6) is -1.01. The van der Waals surface area contributed by atoms with Gasteiger partial charge in [-0.25, -0.2) is 37.5 Å². The molecule has 4 heterocycles. The minimum absolute atomic E-state index is 0.0370. The number of benzene rings is 1. The smallest absolute Gasteiger partial charge is 0.458 e. The molecule has 0 aliphatic carbocycles. The first kappa shape index (κ1) is 30.9.